The summed E-state index contributed by atoms with van der Waals surface area (Å²) < 4.78 is 0. The maximum absolute atomic E-state index is 11.4. The highest BCUT2D eigenvalue weighted by molar-refractivity contribution is 6.04. The highest BCUT2D eigenvalue weighted by atomic mass is 16.6. The van der Waals surface area contributed by atoms with Gasteiger partial charge in [-0.25, -0.2) is 0 Å². The predicted molar refractivity (Wildman–Crippen MR) is 81.4 cm³/mol. The Kier molecular flexibility index (Phi) is 3.20. The molecule has 3 rings (SSSR count). The number of carbonyl (C=O) groups is 1. The number of aldehydes is 1. The summed E-state index contributed by atoms with van der Waals surface area (Å²) in [5.74, 6) is 0. The summed E-state index contributed by atoms with van der Waals surface area (Å²) in [5, 5.41) is 13.0. The molecule has 0 saturated heterocycles. The molecule has 0 aliphatic carbocycles. The molecule has 0 fully saturated rings. The Morgan fingerprint density at radius 3 is 2.38 bits per heavy atom. The molecule has 0 bridgehead atoms. The van der Waals surface area contributed by atoms with Crippen molar-refractivity contribution >= 4 is 22.7 Å². The van der Waals surface area contributed by atoms with Crippen LogP contribution in [0, 0.1) is 10.1 Å². The highest BCUT2D eigenvalue weighted by Gasteiger charge is 2.20. The third kappa shape index (κ3) is 2.17. The molecule has 21 heavy (non-hydrogen) atoms. The van der Waals surface area contributed by atoms with Crippen LogP contribution in [0.1, 0.15) is 10.4 Å². The Morgan fingerprint density at radius 1 is 0.905 bits per heavy atom. The van der Waals surface area contributed by atoms with Gasteiger partial charge in [-0.2, -0.15) is 0 Å². The van der Waals surface area contributed by atoms with E-state index in [0.29, 0.717) is 16.7 Å². The van der Waals surface area contributed by atoms with E-state index in [0.717, 1.165) is 17.1 Å². The van der Waals surface area contributed by atoms with Gasteiger partial charge in [0.2, 0.25) is 0 Å². The Hall–Kier alpha value is -3.01. The van der Waals surface area contributed by atoms with Gasteiger partial charge in [-0.15, -0.1) is 0 Å². The lowest BCUT2D eigenvalue weighted by Gasteiger charge is -2.09. The summed E-state index contributed by atoms with van der Waals surface area (Å²) in [4.78, 5) is 22.2. The zero-order valence-electron chi connectivity index (χ0n) is 11.0. The third-order valence-electron chi connectivity index (χ3n) is 3.46. The number of nitrogens with zero attached hydrogens (tertiary/aromatic N) is 1. The summed E-state index contributed by atoms with van der Waals surface area (Å²) in [7, 11) is 0. The number of carbonyl (C=O) groups excluding carboxylic acids is 1. The summed E-state index contributed by atoms with van der Waals surface area (Å²) >= 11 is 0. The molecule has 0 unspecified atom stereocenters. The molecule has 0 radical (unpaired) electrons. The van der Waals surface area contributed by atoms with Crippen LogP contribution in [0.2, 0.25) is 0 Å². The molecule has 0 aromatic heterocycles. The molecule has 0 aliphatic rings. The lowest BCUT2D eigenvalue weighted by atomic mass is 9.93. The second-order valence-corrected chi connectivity index (χ2v) is 4.64. The van der Waals surface area contributed by atoms with Gasteiger partial charge >= 0.3 is 0 Å². The van der Waals surface area contributed by atoms with Crippen molar-refractivity contribution in [3.63, 3.8) is 0 Å². The van der Waals surface area contributed by atoms with E-state index in [1.54, 1.807) is 30.3 Å². The van der Waals surface area contributed by atoms with Gasteiger partial charge in [-0.05, 0) is 22.4 Å². The van der Waals surface area contributed by atoms with Gasteiger partial charge in [0.05, 0.1) is 10.5 Å². The fourth-order valence-electron chi connectivity index (χ4n) is 2.52. The van der Waals surface area contributed by atoms with Gasteiger partial charge in [0.1, 0.15) is 0 Å². The summed E-state index contributed by atoms with van der Waals surface area (Å²) in [6.45, 7) is 0. The minimum absolute atomic E-state index is 0.00278. The molecule has 0 atom stereocenters. The topological polar surface area (TPSA) is 60.2 Å². The van der Waals surface area contributed by atoms with Crippen molar-refractivity contribution < 1.29 is 9.72 Å². The Morgan fingerprint density at radius 2 is 1.62 bits per heavy atom. The van der Waals surface area contributed by atoms with Crippen molar-refractivity contribution in [1.29, 1.82) is 0 Å². The van der Waals surface area contributed by atoms with Crippen molar-refractivity contribution in [3.05, 3.63) is 76.3 Å². The lowest BCUT2D eigenvalue weighted by molar-refractivity contribution is -0.384. The van der Waals surface area contributed by atoms with Crippen LogP contribution < -0.4 is 0 Å². The van der Waals surface area contributed by atoms with Crippen LogP contribution >= 0.6 is 0 Å². The average molecular weight is 277 g/mol. The van der Waals surface area contributed by atoms with Crippen molar-refractivity contribution in [2.75, 3.05) is 0 Å². The lowest BCUT2D eigenvalue weighted by Crippen LogP contribution is -1.95. The summed E-state index contributed by atoms with van der Waals surface area (Å²) in [5.41, 5.74) is 1.51. The fraction of sp³-hybridized carbons (Fsp3) is 0. The van der Waals surface area contributed by atoms with Crippen LogP contribution in [0.25, 0.3) is 21.9 Å². The first-order valence-corrected chi connectivity index (χ1v) is 6.43. The van der Waals surface area contributed by atoms with Gasteiger partial charge in [0.25, 0.3) is 5.69 Å². The predicted octanol–water partition coefficient (Wildman–Crippen LogP) is 4.23. The molecule has 0 saturated carbocycles. The Bertz CT molecular complexity index is 856. The van der Waals surface area contributed by atoms with E-state index in [4.69, 9.17) is 0 Å². The largest absolute Gasteiger partial charge is 0.298 e. The van der Waals surface area contributed by atoms with Crippen LogP contribution in [-0.2, 0) is 0 Å². The number of fused-ring (bicyclic) bond motifs is 1. The van der Waals surface area contributed by atoms with Crippen LogP contribution in [0.5, 0.6) is 0 Å². The molecule has 102 valence electrons. The zero-order chi connectivity index (χ0) is 14.8. The molecule has 3 aromatic carbocycles. The van der Waals surface area contributed by atoms with E-state index >= 15 is 0 Å². The van der Waals surface area contributed by atoms with Crippen molar-refractivity contribution in [1.82, 2.24) is 0 Å². The average Bonchev–Trinajstić information content (AvgIpc) is 2.53. The van der Waals surface area contributed by atoms with E-state index in [9.17, 15) is 14.9 Å². The molecular weight excluding hydrogens is 266 g/mol. The van der Waals surface area contributed by atoms with Crippen LogP contribution in [0.15, 0.2) is 60.7 Å². The standard InChI is InChI=1S/C17H11NO3/c19-11-13-6-2-4-8-15(13)17-14-7-3-1-5-12(14)9-10-16(17)18(20)21/h1-11H. The molecule has 4 heteroatoms. The maximum Gasteiger partial charge on any atom is 0.277 e. The number of nitro benzene ring substituents is 1. The van der Waals surface area contributed by atoms with Crippen LogP contribution in [-0.4, -0.2) is 11.2 Å². The van der Waals surface area contributed by atoms with Crippen LogP contribution in [0.3, 0.4) is 0 Å². The number of benzene rings is 3. The van der Waals surface area contributed by atoms with Gasteiger partial charge < -0.3 is 0 Å². The van der Waals surface area contributed by atoms with Crippen LogP contribution in [0.4, 0.5) is 5.69 Å². The van der Waals surface area contributed by atoms with Gasteiger partial charge in [0.15, 0.2) is 6.29 Å². The van der Waals surface area contributed by atoms with E-state index in [1.165, 1.54) is 6.07 Å². The number of hydrogen-bond donors (Lipinski definition) is 0. The number of nitro groups is 1. The quantitative estimate of drug-likeness (QED) is 0.409. The maximum atomic E-state index is 11.4. The number of hydrogen-bond acceptors (Lipinski definition) is 3. The Balaban J connectivity index is 2.46. The number of rotatable bonds is 3. The normalized spacial score (nSPS) is 10.5. The van der Waals surface area contributed by atoms with E-state index in [2.05, 4.69) is 0 Å². The molecule has 0 N–H and O–H groups in total. The molecule has 0 amide bonds. The third-order valence-corrected chi connectivity index (χ3v) is 3.46. The summed E-state index contributed by atoms with van der Waals surface area (Å²) in [6.07, 6.45) is 0.723. The molecule has 0 aliphatic heterocycles. The first-order valence-electron chi connectivity index (χ1n) is 6.43. The van der Waals surface area contributed by atoms with Crippen molar-refractivity contribution in [2.45, 2.75) is 0 Å². The summed E-state index contributed by atoms with van der Waals surface area (Å²) in [6, 6.07) is 17.6. The fourth-order valence-corrected chi connectivity index (χ4v) is 2.52. The SMILES string of the molecule is O=Cc1ccccc1-c1c([N+](=O)[O-])ccc2ccccc12. The van der Waals surface area contributed by atoms with Crippen molar-refractivity contribution in [3.8, 4) is 11.1 Å². The molecule has 3 aromatic rings. The molecule has 0 heterocycles. The first-order chi connectivity index (χ1) is 10.2. The van der Waals surface area contributed by atoms with E-state index in [-0.39, 0.29) is 5.69 Å². The second-order valence-electron chi connectivity index (χ2n) is 4.64. The van der Waals surface area contributed by atoms with Gasteiger partial charge in [-0.3, -0.25) is 14.9 Å². The molecule has 0 spiro atoms. The highest BCUT2D eigenvalue weighted by Crippen LogP contribution is 2.37. The minimum atomic E-state index is -0.413. The molecule has 4 nitrogen and oxygen atoms in total. The first kappa shape index (κ1) is 13.0. The van der Waals surface area contributed by atoms with E-state index in [1.807, 2.05) is 24.3 Å². The van der Waals surface area contributed by atoms with Gasteiger partial charge in [-0.1, -0.05) is 48.5 Å². The smallest absolute Gasteiger partial charge is 0.277 e. The Labute approximate surface area is 120 Å². The zero-order valence-corrected chi connectivity index (χ0v) is 11.0. The van der Waals surface area contributed by atoms with Gasteiger partial charge in [0, 0.05) is 11.6 Å². The molecular formula is C17H11NO3. The second kappa shape index (κ2) is 5.17. The monoisotopic (exact) mass is 277 g/mol. The van der Waals surface area contributed by atoms with E-state index < -0.39 is 4.92 Å². The van der Waals surface area contributed by atoms with Crippen molar-refractivity contribution in [2.24, 2.45) is 0 Å². The minimum Gasteiger partial charge on any atom is -0.298 e.